The number of anilines is 2. The molecule has 3 aromatic carbocycles. The first-order chi connectivity index (χ1) is 14.9. The molecule has 4 N–H and O–H groups in total. The van der Waals surface area contributed by atoms with Gasteiger partial charge < -0.3 is 15.8 Å². The molecule has 31 heavy (non-hydrogen) atoms. The first-order valence-electron chi connectivity index (χ1n) is 9.45. The second-order valence-electron chi connectivity index (χ2n) is 6.77. The zero-order valence-electron chi connectivity index (χ0n) is 16.7. The summed E-state index contributed by atoms with van der Waals surface area (Å²) in [5, 5.41) is 4.70. The highest BCUT2D eigenvalue weighted by molar-refractivity contribution is 6.05. The van der Waals surface area contributed by atoms with E-state index in [0.29, 0.717) is 5.69 Å². The Bertz CT molecular complexity index is 1100. The van der Waals surface area contributed by atoms with Gasteiger partial charge in [-0.25, -0.2) is 13.6 Å². The SMILES string of the molecule is Cc1c(F)cc(C(=O)Nc2cccc(CN)c2)c(F)c1NC(=O)OCc1ccccc1. The van der Waals surface area contributed by atoms with Crippen LogP contribution in [0.25, 0.3) is 0 Å². The smallest absolute Gasteiger partial charge is 0.412 e. The lowest BCUT2D eigenvalue weighted by atomic mass is 10.1. The summed E-state index contributed by atoms with van der Waals surface area (Å²) in [6.45, 7) is 1.50. The highest BCUT2D eigenvalue weighted by Crippen LogP contribution is 2.27. The molecule has 0 saturated carbocycles. The normalized spacial score (nSPS) is 10.5. The van der Waals surface area contributed by atoms with Crippen LogP contribution < -0.4 is 16.4 Å². The summed E-state index contributed by atoms with van der Waals surface area (Å²) in [5.41, 5.74) is 6.27. The van der Waals surface area contributed by atoms with Crippen molar-refractivity contribution in [1.82, 2.24) is 0 Å². The summed E-state index contributed by atoms with van der Waals surface area (Å²) in [6, 6.07) is 16.3. The van der Waals surface area contributed by atoms with Crippen molar-refractivity contribution >= 4 is 23.4 Å². The van der Waals surface area contributed by atoms with E-state index in [0.717, 1.165) is 17.2 Å². The number of carbonyl (C=O) groups is 2. The fourth-order valence-electron chi connectivity index (χ4n) is 2.87. The van der Waals surface area contributed by atoms with Gasteiger partial charge in [0.2, 0.25) is 0 Å². The van der Waals surface area contributed by atoms with E-state index < -0.39 is 34.9 Å². The Kier molecular flexibility index (Phi) is 6.94. The zero-order valence-corrected chi connectivity index (χ0v) is 16.7. The van der Waals surface area contributed by atoms with Gasteiger partial charge in [-0.1, -0.05) is 42.5 Å². The Morgan fingerprint density at radius 2 is 1.68 bits per heavy atom. The molecule has 0 atom stereocenters. The van der Waals surface area contributed by atoms with Crippen LogP contribution in [-0.2, 0) is 17.9 Å². The van der Waals surface area contributed by atoms with Gasteiger partial charge in [-0.3, -0.25) is 10.1 Å². The van der Waals surface area contributed by atoms with Crippen LogP contribution >= 0.6 is 0 Å². The van der Waals surface area contributed by atoms with Crippen LogP contribution in [0.15, 0.2) is 60.7 Å². The largest absolute Gasteiger partial charge is 0.444 e. The minimum atomic E-state index is -1.07. The van der Waals surface area contributed by atoms with Crippen LogP contribution in [0.5, 0.6) is 0 Å². The first kappa shape index (κ1) is 21.9. The average Bonchev–Trinajstić information content (AvgIpc) is 2.78. The van der Waals surface area contributed by atoms with Gasteiger partial charge >= 0.3 is 6.09 Å². The Hall–Kier alpha value is -3.78. The summed E-state index contributed by atoms with van der Waals surface area (Å²) in [4.78, 5) is 24.7. The van der Waals surface area contributed by atoms with Gasteiger partial charge in [0.15, 0.2) is 5.82 Å². The topological polar surface area (TPSA) is 93.5 Å². The van der Waals surface area contributed by atoms with Crippen LogP contribution in [-0.4, -0.2) is 12.0 Å². The minimum Gasteiger partial charge on any atom is -0.444 e. The number of hydrogen-bond donors (Lipinski definition) is 3. The van der Waals surface area contributed by atoms with E-state index in [9.17, 15) is 14.0 Å². The third-order valence-corrected chi connectivity index (χ3v) is 4.57. The van der Waals surface area contributed by atoms with E-state index in [1.165, 1.54) is 6.92 Å². The summed E-state index contributed by atoms with van der Waals surface area (Å²) < 4.78 is 34.5. The maximum atomic E-state index is 15.0. The zero-order chi connectivity index (χ0) is 22.4. The quantitative estimate of drug-likeness (QED) is 0.532. The van der Waals surface area contributed by atoms with Gasteiger partial charge in [0, 0.05) is 17.8 Å². The predicted octanol–water partition coefficient (Wildman–Crippen LogP) is 4.73. The molecule has 0 aliphatic heterocycles. The number of ether oxygens (including phenoxy) is 1. The Morgan fingerprint density at radius 3 is 2.39 bits per heavy atom. The molecule has 3 rings (SSSR count). The Balaban J connectivity index is 1.78. The number of carbonyl (C=O) groups excluding carboxylic acids is 2. The van der Waals surface area contributed by atoms with Crippen molar-refractivity contribution in [2.24, 2.45) is 5.73 Å². The molecule has 3 aromatic rings. The van der Waals surface area contributed by atoms with Crippen LogP contribution in [0.1, 0.15) is 27.0 Å². The molecule has 0 radical (unpaired) electrons. The molecule has 0 heterocycles. The van der Waals surface area contributed by atoms with E-state index in [1.807, 2.05) is 6.07 Å². The number of halogens is 2. The maximum absolute atomic E-state index is 15.0. The highest BCUT2D eigenvalue weighted by atomic mass is 19.1. The highest BCUT2D eigenvalue weighted by Gasteiger charge is 2.22. The maximum Gasteiger partial charge on any atom is 0.412 e. The molecule has 0 saturated heterocycles. The lowest BCUT2D eigenvalue weighted by Crippen LogP contribution is -2.20. The summed E-state index contributed by atoms with van der Waals surface area (Å²) in [5.74, 6) is -2.78. The second-order valence-corrected chi connectivity index (χ2v) is 6.77. The van der Waals surface area contributed by atoms with Crippen molar-refractivity contribution < 1.29 is 23.1 Å². The lowest BCUT2D eigenvalue weighted by Gasteiger charge is -2.14. The first-order valence-corrected chi connectivity index (χ1v) is 9.45. The van der Waals surface area contributed by atoms with E-state index in [-0.39, 0.29) is 18.7 Å². The van der Waals surface area contributed by atoms with Gasteiger partial charge in [-0.2, -0.15) is 0 Å². The molecule has 0 aliphatic rings. The number of rotatable bonds is 6. The van der Waals surface area contributed by atoms with Gasteiger partial charge in [0.05, 0.1) is 11.3 Å². The van der Waals surface area contributed by atoms with Crippen molar-refractivity contribution in [1.29, 1.82) is 0 Å². The minimum absolute atomic E-state index is 0.0481. The van der Waals surface area contributed by atoms with E-state index >= 15 is 4.39 Å². The molecule has 0 unspecified atom stereocenters. The average molecular weight is 425 g/mol. The molecule has 0 fully saturated rings. The molecule has 0 spiro atoms. The predicted molar refractivity (Wildman–Crippen MR) is 114 cm³/mol. The van der Waals surface area contributed by atoms with Gasteiger partial charge in [0.25, 0.3) is 5.91 Å². The van der Waals surface area contributed by atoms with Gasteiger partial charge in [-0.05, 0) is 36.2 Å². The Morgan fingerprint density at radius 1 is 0.968 bits per heavy atom. The Labute approximate surface area is 178 Å². The molecule has 6 nitrogen and oxygen atoms in total. The summed E-state index contributed by atoms with van der Waals surface area (Å²) in [6.07, 6.45) is -0.974. The number of benzene rings is 3. The fraction of sp³-hybridized carbons (Fsp3) is 0.130. The van der Waals surface area contributed by atoms with Crippen LogP contribution in [0, 0.1) is 18.6 Å². The second kappa shape index (κ2) is 9.82. The van der Waals surface area contributed by atoms with Gasteiger partial charge in [-0.15, -0.1) is 0 Å². The standard InChI is InChI=1S/C23H21F2N3O3/c1-14-19(24)11-18(22(29)27-17-9-5-8-16(10-17)12-26)20(25)21(14)28-23(30)31-13-15-6-3-2-4-7-15/h2-11H,12-13,26H2,1H3,(H,27,29)(H,28,30). The van der Waals surface area contributed by atoms with Crippen molar-refractivity contribution in [2.75, 3.05) is 10.6 Å². The van der Waals surface area contributed by atoms with Crippen LogP contribution in [0.4, 0.5) is 25.0 Å². The van der Waals surface area contributed by atoms with E-state index in [2.05, 4.69) is 10.6 Å². The molecule has 0 aliphatic carbocycles. The van der Waals surface area contributed by atoms with Crippen LogP contribution in [0.3, 0.4) is 0 Å². The van der Waals surface area contributed by atoms with Crippen molar-refractivity contribution in [3.63, 3.8) is 0 Å². The molecular weight excluding hydrogens is 404 g/mol. The monoisotopic (exact) mass is 425 g/mol. The van der Waals surface area contributed by atoms with Crippen LogP contribution in [0.2, 0.25) is 0 Å². The summed E-state index contributed by atoms with van der Waals surface area (Å²) in [7, 11) is 0. The molecule has 0 bridgehead atoms. The van der Waals surface area contributed by atoms with Crippen molar-refractivity contribution in [3.05, 3.63) is 94.6 Å². The third kappa shape index (κ3) is 5.43. The van der Waals surface area contributed by atoms with E-state index in [4.69, 9.17) is 10.5 Å². The van der Waals surface area contributed by atoms with Crippen molar-refractivity contribution in [3.8, 4) is 0 Å². The third-order valence-electron chi connectivity index (χ3n) is 4.57. The van der Waals surface area contributed by atoms with Crippen molar-refractivity contribution in [2.45, 2.75) is 20.1 Å². The number of amides is 2. The van der Waals surface area contributed by atoms with Gasteiger partial charge in [0.1, 0.15) is 12.4 Å². The summed E-state index contributed by atoms with van der Waals surface area (Å²) >= 11 is 0. The molecule has 0 aromatic heterocycles. The number of hydrogen-bond acceptors (Lipinski definition) is 4. The lowest BCUT2D eigenvalue weighted by molar-refractivity contribution is 0.102. The molecule has 160 valence electrons. The molecule has 8 heteroatoms. The molecular formula is C23H21F2N3O3. The fourth-order valence-corrected chi connectivity index (χ4v) is 2.87. The van der Waals surface area contributed by atoms with E-state index in [1.54, 1.807) is 48.5 Å². The number of nitrogens with two attached hydrogens (primary N) is 1. The number of nitrogens with one attached hydrogen (secondary N) is 2. The molecule has 2 amide bonds.